The van der Waals surface area contributed by atoms with Gasteiger partial charge in [-0.1, -0.05) is 30.3 Å². The quantitative estimate of drug-likeness (QED) is 0.943. The summed E-state index contributed by atoms with van der Waals surface area (Å²) in [6.45, 7) is 1.76. The van der Waals surface area contributed by atoms with Crippen molar-refractivity contribution in [2.24, 2.45) is 0 Å². The largest absolute Gasteiger partial charge is 0.444 e. The predicted molar refractivity (Wildman–Crippen MR) is 81.6 cm³/mol. The fraction of sp³-hybridized carbons (Fsp3) is 0.375. The number of ether oxygens (including phenoxy) is 2. The van der Waals surface area contributed by atoms with Gasteiger partial charge in [-0.05, 0) is 18.4 Å². The van der Waals surface area contributed by atoms with Crippen molar-refractivity contribution in [1.29, 1.82) is 0 Å². The van der Waals surface area contributed by atoms with E-state index in [0.717, 1.165) is 31.6 Å². The van der Waals surface area contributed by atoms with Crippen LogP contribution in [-0.2, 0) is 16.1 Å². The van der Waals surface area contributed by atoms with Crippen LogP contribution in [0.2, 0.25) is 0 Å². The summed E-state index contributed by atoms with van der Waals surface area (Å²) in [5.41, 5.74) is 1.60. The van der Waals surface area contributed by atoms with E-state index in [-0.39, 0.29) is 6.61 Å². The molecule has 6 nitrogen and oxygen atoms in total. The molecule has 2 aromatic rings. The average Bonchev–Trinajstić information content (AvgIpc) is 3.03. The van der Waals surface area contributed by atoms with E-state index in [0.29, 0.717) is 11.7 Å². The second-order valence-corrected chi connectivity index (χ2v) is 5.24. The lowest BCUT2D eigenvalue weighted by molar-refractivity contribution is 0.0662. The number of carbonyl (C=O) groups excluding carboxylic acids is 1. The molecule has 0 unspecified atom stereocenters. The molecular weight excluding hydrogens is 282 g/mol. The number of rotatable bonds is 4. The van der Waals surface area contributed by atoms with Crippen molar-refractivity contribution in [3.63, 3.8) is 0 Å². The number of aromatic nitrogens is 2. The third kappa shape index (κ3) is 3.85. The molecular formula is C16H19N3O3. The fourth-order valence-electron chi connectivity index (χ4n) is 2.43. The lowest BCUT2D eigenvalue weighted by Crippen LogP contribution is -2.19. The first kappa shape index (κ1) is 14.6. The summed E-state index contributed by atoms with van der Waals surface area (Å²) in [5.74, 6) is 0. The summed E-state index contributed by atoms with van der Waals surface area (Å²) in [4.78, 5) is 11.8. The highest BCUT2D eigenvalue weighted by molar-refractivity contribution is 5.84. The number of anilines is 1. The maximum atomic E-state index is 11.8. The SMILES string of the molecule is O=C(Nc1cnn(C2CCOCC2)c1)OCc1ccccc1. The van der Waals surface area contributed by atoms with Crippen molar-refractivity contribution >= 4 is 11.8 Å². The summed E-state index contributed by atoms with van der Waals surface area (Å²) < 4.78 is 12.4. The number of nitrogens with zero attached hydrogens (tertiary/aromatic N) is 2. The van der Waals surface area contributed by atoms with Gasteiger partial charge in [0.25, 0.3) is 0 Å². The van der Waals surface area contributed by atoms with Gasteiger partial charge in [-0.3, -0.25) is 10.00 Å². The van der Waals surface area contributed by atoms with Crippen LogP contribution < -0.4 is 5.32 Å². The van der Waals surface area contributed by atoms with E-state index in [1.54, 1.807) is 6.20 Å². The van der Waals surface area contributed by atoms with Gasteiger partial charge in [-0.2, -0.15) is 5.10 Å². The lowest BCUT2D eigenvalue weighted by Gasteiger charge is -2.22. The van der Waals surface area contributed by atoms with Crippen molar-refractivity contribution in [3.05, 3.63) is 48.3 Å². The van der Waals surface area contributed by atoms with Gasteiger partial charge in [0.05, 0.1) is 17.9 Å². The monoisotopic (exact) mass is 301 g/mol. The van der Waals surface area contributed by atoms with Crippen LogP contribution in [0.5, 0.6) is 0 Å². The highest BCUT2D eigenvalue weighted by Crippen LogP contribution is 2.21. The molecule has 1 aliphatic rings. The normalized spacial score (nSPS) is 15.5. The Bertz CT molecular complexity index is 606. The molecule has 0 saturated carbocycles. The Hall–Kier alpha value is -2.34. The first-order chi connectivity index (χ1) is 10.8. The van der Waals surface area contributed by atoms with Crippen LogP contribution in [-0.4, -0.2) is 29.1 Å². The van der Waals surface area contributed by atoms with Gasteiger partial charge in [-0.15, -0.1) is 0 Å². The minimum Gasteiger partial charge on any atom is -0.444 e. The van der Waals surface area contributed by atoms with E-state index in [1.165, 1.54) is 0 Å². The summed E-state index contributed by atoms with van der Waals surface area (Å²) in [7, 11) is 0. The Morgan fingerprint density at radius 2 is 2.09 bits per heavy atom. The van der Waals surface area contributed by atoms with Gasteiger partial charge >= 0.3 is 6.09 Å². The van der Waals surface area contributed by atoms with Gasteiger partial charge in [0.2, 0.25) is 0 Å². The molecule has 0 spiro atoms. The van der Waals surface area contributed by atoms with Gasteiger partial charge in [0, 0.05) is 19.4 Å². The lowest BCUT2D eigenvalue weighted by atomic mass is 10.1. The molecule has 6 heteroatoms. The summed E-state index contributed by atoms with van der Waals surface area (Å²) in [6.07, 6.45) is 4.88. The van der Waals surface area contributed by atoms with E-state index in [4.69, 9.17) is 9.47 Å². The van der Waals surface area contributed by atoms with Crippen molar-refractivity contribution < 1.29 is 14.3 Å². The maximum Gasteiger partial charge on any atom is 0.412 e. The molecule has 116 valence electrons. The zero-order chi connectivity index (χ0) is 15.2. The molecule has 1 aliphatic heterocycles. The molecule has 1 saturated heterocycles. The molecule has 0 bridgehead atoms. The van der Waals surface area contributed by atoms with Crippen molar-refractivity contribution in [3.8, 4) is 0 Å². The van der Waals surface area contributed by atoms with Crippen LogP contribution in [0.3, 0.4) is 0 Å². The van der Waals surface area contributed by atoms with Crippen LogP contribution in [0.25, 0.3) is 0 Å². The number of hydrogen-bond acceptors (Lipinski definition) is 4. The average molecular weight is 301 g/mol. The molecule has 1 amide bonds. The molecule has 1 aromatic carbocycles. The smallest absolute Gasteiger partial charge is 0.412 e. The number of benzene rings is 1. The molecule has 1 fully saturated rings. The first-order valence-corrected chi connectivity index (χ1v) is 7.41. The highest BCUT2D eigenvalue weighted by atomic mass is 16.5. The van der Waals surface area contributed by atoms with Crippen LogP contribution in [0.15, 0.2) is 42.7 Å². The zero-order valence-electron chi connectivity index (χ0n) is 12.3. The van der Waals surface area contributed by atoms with E-state index in [9.17, 15) is 4.79 Å². The summed E-state index contributed by atoms with van der Waals surface area (Å²) >= 11 is 0. The van der Waals surface area contributed by atoms with Crippen molar-refractivity contribution in [2.75, 3.05) is 18.5 Å². The van der Waals surface area contributed by atoms with E-state index in [2.05, 4.69) is 10.4 Å². The van der Waals surface area contributed by atoms with Gasteiger partial charge in [-0.25, -0.2) is 4.79 Å². The molecule has 2 heterocycles. The highest BCUT2D eigenvalue weighted by Gasteiger charge is 2.17. The van der Waals surface area contributed by atoms with Crippen LogP contribution in [0, 0.1) is 0 Å². The fourth-order valence-corrected chi connectivity index (χ4v) is 2.43. The maximum absolute atomic E-state index is 11.8. The summed E-state index contributed by atoms with van der Waals surface area (Å²) in [5, 5.41) is 7.00. The minimum absolute atomic E-state index is 0.251. The van der Waals surface area contributed by atoms with Crippen LogP contribution in [0.4, 0.5) is 10.5 Å². The predicted octanol–water partition coefficient (Wildman–Crippen LogP) is 2.98. The van der Waals surface area contributed by atoms with Gasteiger partial charge in [0.1, 0.15) is 6.61 Å². The third-order valence-electron chi connectivity index (χ3n) is 3.63. The molecule has 0 aliphatic carbocycles. The second kappa shape index (κ2) is 7.09. The topological polar surface area (TPSA) is 65.4 Å². The first-order valence-electron chi connectivity index (χ1n) is 7.41. The Kier molecular flexibility index (Phi) is 4.70. The minimum atomic E-state index is -0.476. The molecule has 1 aromatic heterocycles. The molecule has 3 rings (SSSR count). The standard InChI is InChI=1S/C16H19N3O3/c20-16(22-12-13-4-2-1-3-5-13)18-14-10-17-19(11-14)15-6-8-21-9-7-15/h1-5,10-11,15H,6-9,12H2,(H,18,20). The third-order valence-corrected chi connectivity index (χ3v) is 3.63. The Morgan fingerprint density at radius 1 is 1.32 bits per heavy atom. The second-order valence-electron chi connectivity index (χ2n) is 5.24. The zero-order valence-corrected chi connectivity index (χ0v) is 12.3. The Morgan fingerprint density at radius 3 is 2.86 bits per heavy atom. The Balaban J connectivity index is 1.50. The number of amides is 1. The number of nitrogens with one attached hydrogen (secondary N) is 1. The van der Waals surface area contributed by atoms with E-state index < -0.39 is 6.09 Å². The molecule has 22 heavy (non-hydrogen) atoms. The molecule has 0 radical (unpaired) electrons. The van der Waals surface area contributed by atoms with Crippen LogP contribution >= 0.6 is 0 Å². The summed E-state index contributed by atoms with van der Waals surface area (Å²) in [6, 6.07) is 9.91. The number of carbonyl (C=O) groups is 1. The van der Waals surface area contributed by atoms with E-state index >= 15 is 0 Å². The van der Waals surface area contributed by atoms with Crippen molar-refractivity contribution in [1.82, 2.24) is 9.78 Å². The van der Waals surface area contributed by atoms with E-state index in [1.807, 2.05) is 41.2 Å². The van der Waals surface area contributed by atoms with Crippen LogP contribution in [0.1, 0.15) is 24.4 Å². The molecule has 0 atom stereocenters. The molecule has 1 N–H and O–H groups in total. The Labute approximate surface area is 129 Å². The van der Waals surface area contributed by atoms with Crippen molar-refractivity contribution in [2.45, 2.75) is 25.5 Å². The van der Waals surface area contributed by atoms with Gasteiger partial charge in [0.15, 0.2) is 0 Å². The van der Waals surface area contributed by atoms with Gasteiger partial charge < -0.3 is 9.47 Å². The number of hydrogen-bond donors (Lipinski definition) is 1.